The number of hydrogen-bond acceptors (Lipinski definition) is 6. The highest BCUT2D eigenvalue weighted by atomic mass is 16.5. The minimum atomic E-state index is -0.266. The number of ether oxygens (including phenoxy) is 1. The van der Waals surface area contributed by atoms with Crippen LogP contribution in [-0.4, -0.2) is 47.4 Å². The lowest BCUT2D eigenvalue weighted by atomic mass is 10.1. The quantitative estimate of drug-likeness (QED) is 0.551. The van der Waals surface area contributed by atoms with Gasteiger partial charge in [-0.15, -0.1) is 5.10 Å². The van der Waals surface area contributed by atoms with Crippen LogP contribution in [0.3, 0.4) is 0 Å². The van der Waals surface area contributed by atoms with Crippen LogP contribution in [0.5, 0.6) is 0 Å². The lowest BCUT2D eigenvalue weighted by molar-refractivity contribution is 0.102. The van der Waals surface area contributed by atoms with Gasteiger partial charge in [-0.05, 0) is 36.4 Å². The Labute approximate surface area is 179 Å². The molecule has 1 N–H and O–H groups in total. The van der Waals surface area contributed by atoms with Crippen LogP contribution < -0.4 is 10.2 Å². The summed E-state index contributed by atoms with van der Waals surface area (Å²) >= 11 is 0. The minimum Gasteiger partial charge on any atom is -0.378 e. The maximum atomic E-state index is 12.9. The molecule has 0 spiro atoms. The van der Waals surface area contributed by atoms with Gasteiger partial charge in [0.05, 0.1) is 30.0 Å². The average molecular weight is 411 g/mol. The molecule has 0 bridgehead atoms. The van der Waals surface area contributed by atoms with E-state index in [1.165, 1.54) is 0 Å². The van der Waals surface area contributed by atoms with Crippen molar-refractivity contribution in [3.63, 3.8) is 0 Å². The van der Waals surface area contributed by atoms with Crippen molar-refractivity contribution in [1.29, 1.82) is 0 Å². The van der Waals surface area contributed by atoms with Gasteiger partial charge in [-0.3, -0.25) is 4.79 Å². The molecule has 31 heavy (non-hydrogen) atoms. The zero-order chi connectivity index (χ0) is 21.0. The first-order valence-electron chi connectivity index (χ1n) is 10.2. The molecule has 1 fully saturated rings. The van der Waals surface area contributed by atoms with E-state index < -0.39 is 0 Å². The number of morpholine rings is 1. The van der Waals surface area contributed by atoms with E-state index >= 15 is 0 Å². The number of pyridine rings is 1. The minimum absolute atomic E-state index is 0.266. The zero-order valence-electron chi connectivity index (χ0n) is 16.9. The van der Waals surface area contributed by atoms with Gasteiger partial charge in [0.25, 0.3) is 5.91 Å². The number of carbonyl (C=O) groups excluding carboxylic acids is 1. The molecule has 2 aromatic carbocycles. The first kappa shape index (κ1) is 19.1. The number of carbonyl (C=O) groups is 1. The molecule has 5 rings (SSSR count). The molecule has 7 heteroatoms. The molecule has 4 aromatic rings. The molecule has 1 saturated heterocycles. The van der Waals surface area contributed by atoms with Crippen molar-refractivity contribution >= 4 is 28.3 Å². The molecule has 1 amide bonds. The van der Waals surface area contributed by atoms with Crippen molar-refractivity contribution in [2.24, 2.45) is 0 Å². The van der Waals surface area contributed by atoms with Crippen LogP contribution in [0.25, 0.3) is 22.2 Å². The first-order valence-corrected chi connectivity index (χ1v) is 10.2. The third-order valence-corrected chi connectivity index (χ3v) is 5.30. The van der Waals surface area contributed by atoms with E-state index in [1.54, 1.807) is 24.4 Å². The Morgan fingerprint density at radius 1 is 0.968 bits per heavy atom. The molecular weight excluding hydrogens is 390 g/mol. The summed E-state index contributed by atoms with van der Waals surface area (Å²) in [5.41, 5.74) is 4.13. The number of rotatable bonds is 4. The Morgan fingerprint density at radius 3 is 2.68 bits per heavy atom. The summed E-state index contributed by atoms with van der Waals surface area (Å²) in [5, 5.41) is 11.4. The first-order chi connectivity index (χ1) is 15.3. The normalized spacial score (nSPS) is 13.9. The molecular formula is C24H21N5O2. The predicted octanol–water partition coefficient (Wildman–Crippen LogP) is 3.78. The fraction of sp³-hybridized carbons (Fsp3) is 0.167. The number of para-hydroxylation sites is 1. The predicted molar refractivity (Wildman–Crippen MR) is 120 cm³/mol. The van der Waals surface area contributed by atoms with E-state index in [9.17, 15) is 4.79 Å². The van der Waals surface area contributed by atoms with E-state index in [4.69, 9.17) is 9.72 Å². The van der Waals surface area contributed by atoms with E-state index in [0.29, 0.717) is 16.9 Å². The number of anilines is 2. The molecule has 1 aliphatic heterocycles. The van der Waals surface area contributed by atoms with Gasteiger partial charge < -0.3 is 15.0 Å². The largest absolute Gasteiger partial charge is 0.378 e. The van der Waals surface area contributed by atoms with Crippen LogP contribution in [0.15, 0.2) is 72.9 Å². The van der Waals surface area contributed by atoms with Crippen LogP contribution in [0.1, 0.15) is 10.4 Å². The summed E-state index contributed by atoms with van der Waals surface area (Å²) in [6.07, 6.45) is 1.56. The average Bonchev–Trinajstić information content (AvgIpc) is 2.84. The van der Waals surface area contributed by atoms with Crippen molar-refractivity contribution in [2.45, 2.75) is 0 Å². The molecule has 1 aliphatic rings. The van der Waals surface area contributed by atoms with Crippen molar-refractivity contribution in [3.05, 3.63) is 78.5 Å². The second kappa shape index (κ2) is 8.49. The van der Waals surface area contributed by atoms with Crippen molar-refractivity contribution in [2.75, 3.05) is 36.5 Å². The summed E-state index contributed by atoms with van der Waals surface area (Å²) in [5.74, 6) is 0.136. The topological polar surface area (TPSA) is 80.2 Å². The molecule has 0 radical (unpaired) electrons. The van der Waals surface area contributed by atoms with E-state index in [2.05, 4.69) is 32.5 Å². The number of nitrogens with zero attached hydrogens (tertiary/aromatic N) is 4. The van der Waals surface area contributed by atoms with Gasteiger partial charge in [0.2, 0.25) is 0 Å². The van der Waals surface area contributed by atoms with Crippen LogP contribution in [-0.2, 0) is 4.74 Å². The Hall–Kier alpha value is -3.84. The number of amides is 1. The highest BCUT2D eigenvalue weighted by Crippen LogP contribution is 2.27. The number of nitrogens with one attached hydrogen (secondary N) is 1. The van der Waals surface area contributed by atoms with Gasteiger partial charge in [-0.25, -0.2) is 4.98 Å². The fourth-order valence-corrected chi connectivity index (χ4v) is 3.73. The lowest BCUT2D eigenvalue weighted by Crippen LogP contribution is -2.36. The summed E-state index contributed by atoms with van der Waals surface area (Å²) in [6.45, 7) is 3.23. The maximum absolute atomic E-state index is 12.9. The van der Waals surface area contributed by atoms with E-state index in [1.807, 2.05) is 36.4 Å². The van der Waals surface area contributed by atoms with Crippen molar-refractivity contribution in [1.82, 2.24) is 15.2 Å². The lowest BCUT2D eigenvalue weighted by Gasteiger charge is -2.29. The van der Waals surface area contributed by atoms with Crippen LogP contribution >= 0.6 is 0 Å². The highest BCUT2D eigenvalue weighted by Gasteiger charge is 2.15. The fourth-order valence-electron chi connectivity index (χ4n) is 3.73. The smallest absolute Gasteiger partial charge is 0.259 e. The number of hydrogen-bond donors (Lipinski definition) is 1. The van der Waals surface area contributed by atoms with Gasteiger partial charge in [-0.2, -0.15) is 5.10 Å². The summed E-state index contributed by atoms with van der Waals surface area (Å²) < 4.78 is 5.46. The zero-order valence-corrected chi connectivity index (χ0v) is 16.9. The SMILES string of the molecule is O=C(Nc1cccnn1)c1cccc2ccc(-c3cccc(N4CCOCC4)c3)nc12. The Balaban J connectivity index is 1.50. The number of aromatic nitrogens is 3. The Bertz CT molecular complexity index is 1220. The van der Waals surface area contributed by atoms with Gasteiger partial charge in [-0.1, -0.05) is 30.3 Å². The standard InChI is InChI=1S/C24H21N5O2/c30-24(27-22-8-3-11-25-28-22)20-7-2-4-17-9-10-21(26-23(17)20)18-5-1-6-19(16-18)29-12-14-31-15-13-29/h1-11,16H,12-15H2,(H,27,28,30). The monoisotopic (exact) mass is 411 g/mol. The molecule has 2 aromatic heterocycles. The van der Waals surface area contributed by atoms with Gasteiger partial charge >= 0.3 is 0 Å². The molecule has 154 valence electrons. The number of benzene rings is 2. The van der Waals surface area contributed by atoms with Gasteiger partial charge in [0.1, 0.15) is 0 Å². The van der Waals surface area contributed by atoms with Crippen LogP contribution in [0.2, 0.25) is 0 Å². The second-order valence-electron chi connectivity index (χ2n) is 7.29. The van der Waals surface area contributed by atoms with Crippen LogP contribution in [0, 0.1) is 0 Å². The van der Waals surface area contributed by atoms with Crippen molar-refractivity contribution < 1.29 is 9.53 Å². The molecule has 0 unspecified atom stereocenters. The molecule has 0 atom stereocenters. The van der Waals surface area contributed by atoms with Crippen molar-refractivity contribution in [3.8, 4) is 11.3 Å². The van der Waals surface area contributed by atoms with E-state index in [-0.39, 0.29) is 5.91 Å². The summed E-state index contributed by atoms with van der Waals surface area (Å²) in [6, 6.07) is 21.3. The summed E-state index contributed by atoms with van der Waals surface area (Å²) in [4.78, 5) is 20.1. The highest BCUT2D eigenvalue weighted by molar-refractivity contribution is 6.11. The molecule has 7 nitrogen and oxygen atoms in total. The van der Waals surface area contributed by atoms with Gasteiger partial charge in [0.15, 0.2) is 5.82 Å². The van der Waals surface area contributed by atoms with Crippen LogP contribution in [0.4, 0.5) is 11.5 Å². The summed E-state index contributed by atoms with van der Waals surface area (Å²) in [7, 11) is 0. The molecule has 3 heterocycles. The second-order valence-corrected chi connectivity index (χ2v) is 7.29. The third-order valence-electron chi connectivity index (χ3n) is 5.30. The molecule has 0 aliphatic carbocycles. The third kappa shape index (κ3) is 4.08. The maximum Gasteiger partial charge on any atom is 0.259 e. The van der Waals surface area contributed by atoms with Gasteiger partial charge in [0, 0.05) is 35.9 Å². The van der Waals surface area contributed by atoms with E-state index in [0.717, 1.165) is 48.6 Å². The number of fused-ring (bicyclic) bond motifs is 1. The Morgan fingerprint density at radius 2 is 1.84 bits per heavy atom. The Kier molecular flexibility index (Phi) is 5.24. The molecule has 0 saturated carbocycles.